The van der Waals surface area contributed by atoms with E-state index in [4.69, 9.17) is 4.74 Å². The standard InChI is InChI=1S/C24H26N4O4/c1-23(20(29)26-21(30)27-23)18-8-6-16(7-9-18)14-25-22(31)28-12-13-32-24(15-28)11-10-17-4-2-3-5-19(17)24/h2-9H,10-15H2,1H3,(H,25,31)(H2,26,27,29,30). The van der Waals surface area contributed by atoms with Gasteiger partial charge >= 0.3 is 12.1 Å². The maximum Gasteiger partial charge on any atom is 0.322 e. The van der Waals surface area contributed by atoms with Crippen molar-refractivity contribution in [2.24, 2.45) is 0 Å². The summed E-state index contributed by atoms with van der Waals surface area (Å²) in [6, 6.07) is 15.0. The summed E-state index contributed by atoms with van der Waals surface area (Å²) >= 11 is 0. The van der Waals surface area contributed by atoms with Crippen molar-refractivity contribution in [3.05, 3.63) is 70.8 Å². The molecule has 8 heteroatoms. The molecule has 0 radical (unpaired) electrons. The first-order valence-electron chi connectivity index (χ1n) is 10.9. The minimum Gasteiger partial charge on any atom is -0.367 e. The van der Waals surface area contributed by atoms with Crippen molar-refractivity contribution in [1.82, 2.24) is 20.9 Å². The summed E-state index contributed by atoms with van der Waals surface area (Å²) in [6.07, 6.45) is 1.86. The molecule has 0 bridgehead atoms. The highest BCUT2D eigenvalue weighted by Crippen LogP contribution is 2.42. The molecule has 5 amide bonds. The molecular formula is C24H26N4O4. The van der Waals surface area contributed by atoms with Gasteiger partial charge in [0.05, 0.1) is 13.2 Å². The summed E-state index contributed by atoms with van der Waals surface area (Å²) in [7, 11) is 0. The van der Waals surface area contributed by atoms with E-state index in [1.165, 1.54) is 11.1 Å². The van der Waals surface area contributed by atoms with Crippen LogP contribution in [0.15, 0.2) is 48.5 Å². The first-order chi connectivity index (χ1) is 15.4. The second kappa shape index (κ2) is 7.63. The Kier molecular flexibility index (Phi) is 4.89. The molecule has 2 fully saturated rings. The summed E-state index contributed by atoms with van der Waals surface area (Å²) in [5.41, 5.74) is 2.60. The monoisotopic (exact) mass is 434 g/mol. The Morgan fingerprint density at radius 3 is 2.69 bits per heavy atom. The Bertz CT molecular complexity index is 1080. The number of nitrogens with one attached hydrogen (secondary N) is 3. The van der Waals surface area contributed by atoms with Crippen LogP contribution >= 0.6 is 0 Å². The van der Waals surface area contributed by atoms with E-state index in [-0.39, 0.29) is 11.9 Å². The molecule has 0 saturated carbocycles. The summed E-state index contributed by atoms with van der Waals surface area (Å²) < 4.78 is 6.20. The summed E-state index contributed by atoms with van der Waals surface area (Å²) in [6.45, 7) is 3.65. The van der Waals surface area contributed by atoms with E-state index >= 15 is 0 Å². The molecule has 1 spiro atoms. The largest absolute Gasteiger partial charge is 0.367 e. The van der Waals surface area contributed by atoms with Gasteiger partial charge in [-0.3, -0.25) is 10.1 Å². The lowest BCUT2D eigenvalue weighted by Crippen LogP contribution is -2.53. The predicted octanol–water partition coefficient (Wildman–Crippen LogP) is 2.12. The van der Waals surface area contributed by atoms with Crippen molar-refractivity contribution >= 4 is 18.0 Å². The smallest absolute Gasteiger partial charge is 0.322 e. The van der Waals surface area contributed by atoms with Crippen LogP contribution in [0.3, 0.4) is 0 Å². The second-order valence-electron chi connectivity index (χ2n) is 8.81. The fraction of sp³-hybridized carbons (Fsp3) is 0.375. The van der Waals surface area contributed by atoms with Crippen LogP contribution in [-0.4, -0.2) is 42.6 Å². The Morgan fingerprint density at radius 1 is 1.16 bits per heavy atom. The van der Waals surface area contributed by atoms with Crippen molar-refractivity contribution in [3.8, 4) is 0 Å². The van der Waals surface area contributed by atoms with Gasteiger partial charge in [0, 0.05) is 13.1 Å². The highest BCUT2D eigenvalue weighted by Gasteiger charge is 2.45. The van der Waals surface area contributed by atoms with Gasteiger partial charge in [0.1, 0.15) is 11.1 Å². The number of ether oxygens (including phenoxy) is 1. The van der Waals surface area contributed by atoms with Crippen LogP contribution in [0, 0.1) is 0 Å². The maximum atomic E-state index is 12.9. The summed E-state index contributed by atoms with van der Waals surface area (Å²) in [5.74, 6) is -0.377. The van der Waals surface area contributed by atoms with Crippen LogP contribution in [0.4, 0.5) is 9.59 Å². The molecule has 2 aliphatic heterocycles. The lowest BCUT2D eigenvalue weighted by atomic mass is 9.91. The van der Waals surface area contributed by atoms with E-state index in [9.17, 15) is 14.4 Å². The molecule has 8 nitrogen and oxygen atoms in total. The van der Waals surface area contributed by atoms with Crippen LogP contribution in [0.25, 0.3) is 0 Å². The molecule has 2 aromatic carbocycles. The Labute approximate surface area is 186 Å². The SMILES string of the molecule is CC1(c2ccc(CNC(=O)N3CCOC4(CCc5ccccc54)C3)cc2)NC(=O)NC1=O. The van der Waals surface area contributed by atoms with Crippen molar-refractivity contribution in [2.45, 2.75) is 37.5 Å². The zero-order valence-corrected chi connectivity index (χ0v) is 17.9. The molecule has 1 aliphatic carbocycles. The number of benzene rings is 2. The number of morpholine rings is 1. The van der Waals surface area contributed by atoms with Gasteiger partial charge in [-0.05, 0) is 42.0 Å². The van der Waals surface area contributed by atoms with Crippen LogP contribution in [0.1, 0.15) is 35.6 Å². The quantitative estimate of drug-likeness (QED) is 0.645. The van der Waals surface area contributed by atoms with Gasteiger partial charge in [-0.2, -0.15) is 0 Å². The van der Waals surface area contributed by atoms with Crippen molar-refractivity contribution < 1.29 is 19.1 Å². The minimum absolute atomic E-state index is 0.115. The third kappa shape index (κ3) is 3.40. The molecule has 2 unspecified atom stereocenters. The van der Waals surface area contributed by atoms with Crippen LogP contribution in [0.5, 0.6) is 0 Å². The lowest BCUT2D eigenvalue weighted by molar-refractivity contribution is -0.123. The molecule has 2 aromatic rings. The fourth-order valence-electron chi connectivity index (χ4n) is 4.92. The zero-order valence-electron chi connectivity index (χ0n) is 17.9. The maximum absolute atomic E-state index is 12.9. The van der Waals surface area contributed by atoms with E-state index in [0.717, 1.165) is 18.4 Å². The number of urea groups is 2. The molecule has 3 N–H and O–H groups in total. The van der Waals surface area contributed by atoms with Gasteiger partial charge in [-0.1, -0.05) is 48.5 Å². The van der Waals surface area contributed by atoms with E-state index in [1.54, 1.807) is 19.1 Å². The lowest BCUT2D eigenvalue weighted by Gasteiger charge is -2.41. The van der Waals surface area contributed by atoms with Gasteiger partial charge in [0.2, 0.25) is 0 Å². The van der Waals surface area contributed by atoms with E-state index in [1.807, 2.05) is 29.2 Å². The zero-order chi connectivity index (χ0) is 22.3. The van der Waals surface area contributed by atoms with Gasteiger partial charge in [-0.15, -0.1) is 0 Å². The third-order valence-corrected chi connectivity index (χ3v) is 6.80. The molecular weight excluding hydrogens is 408 g/mol. The number of hydrogen-bond donors (Lipinski definition) is 3. The summed E-state index contributed by atoms with van der Waals surface area (Å²) in [4.78, 5) is 38.3. The molecule has 0 aromatic heterocycles. The first kappa shape index (κ1) is 20.5. The molecule has 2 atom stereocenters. The molecule has 2 heterocycles. The van der Waals surface area contributed by atoms with E-state index < -0.39 is 17.2 Å². The fourth-order valence-corrected chi connectivity index (χ4v) is 4.92. The van der Waals surface area contributed by atoms with Gasteiger partial charge < -0.3 is 20.3 Å². The van der Waals surface area contributed by atoms with Gasteiger partial charge in [0.25, 0.3) is 5.91 Å². The normalized spacial score (nSPS) is 26.6. The molecule has 3 aliphatic rings. The Hall–Kier alpha value is -3.39. The second-order valence-corrected chi connectivity index (χ2v) is 8.81. The van der Waals surface area contributed by atoms with E-state index in [0.29, 0.717) is 31.8 Å². The van der Waals surface area contributed by atoms with Crippen molar-refractivity contribution in [1.29, 1.82) is 0 Å². The van der Waals surface area contributed by atoms with Gasteiger partial charge in [0.15, 0.2) is 0 Å². The number of carbonyl (C=O) groups is 3. The number of aryl methyl sites for hydroxylation is 1. The number of amides is 5. The predicted molar refractivity (Wildman–Crippen MR) is 117 cm³/mol. The van der Waals surface area contributed by atoms with Gasteiger partial charge in [-0.25, -0.2) is 9.59 Å². The minimum atomic E-state index is -1.08. The first-order valence-corrected chi connectivity index (χ1v) is 10.9. The number of rotatable bonds is 3. The highest BCUT2D eigenvalue weighted by atomic mass is 16.5. The molecule has 5 rings (SSSR count). The Morgan fingerprint density at radius 2 is 1.94 bits per heavy atom. The summed E-state index contributed by atoms with van der Waals surface area (Å²) in [5, 5.41) is 7.91. The number of hydrogen-bond acceptors (Lipinski definition) is 4. The highest BCUT2D eigenvalue weighted by molar-refractivity contribution is 6.07. The Balaban J connectivity index is 1.22. The van der Waals surface area contributed by atoms with E-state index in [2.05, 4.69) is 28.1 Å². The number of imide groups is 1. The topological polar surface area (TPSA) is 99.8 Å². The average Bonchev–Trinajstić information content (AvgIpc) is 3.29. The van der Waals surface area contributed by atoms with Crippen LogP contribution in [0.2, 0.25) is 0 Å². The van der Waals surface area contributed by atoms with Crippen LogP contribution < -0.4 is 16.0 Å². The molecule has 166 valence electrons. The van der Waals surface area contributed by atoms with Crippen molar-refractivity contribution in [2.75, 3.05) is 19.7 Å². The third-order valence-electron chi connectivity index (χ3n) is 6.80. The van der Waals surface area contributed by atoms with Crippen molar-refractivity contribution in [3.63, 3.8) is 0 Å². The number of carbonyl (C=O) groups excluding carboxylic acids is 3. The molecule has 2 saturated heterocycles. The average molecular weight is 434 g/mol. The molecule has 32 heavy (non-hydrogen) atoms. The number of fused-ring (bicyclic) bond motifs is 2. The number of nitrogens with zero attached hydrogens (tertiary/aromatic N) is 1. The van der Waals surface area contributed by atoms with Crippen LogP contribution in [-0.2, 0) is 33.6 Å².